The molecule has 0 atom stereocenters. The Labute approximate surface area is 132 Å². The summed E-state index contributed by atoms with van der Waals surface area (Å²) in [6, 6.07) is 12.1. The topological polar surface area (TPSA) is 52.8 Å². The Hall–Kier alpha value is -1.93. The average molecular weight is 343 g/mol. The Morgan fingerprint density at radius 2 is 2.10 bits per heavy atom. The van der Waals surface area contributed by atoms with Gasteiger partial charge in [-0.05, 0) is 37.0 Å². The van der Waals surface area contributed by atoms with Crippen LogP contribution in [0.1, 0.15) is 17.0 Å². The molecule has 0 amide bonds. The molecule has 0 aliphatic carbocycles. The fraction of sp³-hybridized carbons (Fsp3) is 0.312. The van der Waals surface area contributed by atoms with Crippen LogP contribution in [0.3, 0.4) is 0 Å². The zero-order chi connectivity index (χ0) is 14.8. The molecular weight excluding hydrogens is 328 g/mol. The van der Waals surface area contributed by atoms with Crippen molar-refractivity contribution in [2.45, 2.75) is 13.3 Å². The molecule has 1 aromatic heterocycles. The first-order chi connectivity index (χ1) is 10.2. The lowest BCUT2D eigenvalue weighted by molar-refractivity contribution is 0.401. The minimum absolute atomic E-state index is 0.437. The van der Waals surface area contributed by atoms with Gasteiger partial charge in [0.25, 0.3) is 0 Å². The molecule has 2 aromatic rings. The molecule has 2 heterocycles. The van der Waals surface area contributed by atoms with Crippen molar-refractivity contribution in [3.63, 3.8) is 0 Å². The van der Waals surface area contributed by atoms with Gasteiger partial charge in [-0.15, -0.1) is 0 Å². The first kappa shape index (κ1) is 14.0. The molecular formula is C16H15BrN4. The fourth-order valence-corrected chi connectivity index (χ4v) is 3.04. The van der Waals surface area contributed by atoms with Gasteiger partial charge < -0.3 is 4.90 Å². The fourth-order valence-electron chi connectivity index (χ4n) is 2.59. The molecule has 0 N–H and O–H groups in total. The van der Waals surface area contributed by atoms with Crippen LogP contribution in [0.2, 0.25) is 0 Å². The first-order valence-corrected chi connectivity index (χ1v) is 7.69. The third-order valence-corrected chi connectivity index (χ3v) is 4.44. The highest BCUT2D eigenvalue weighted by Gasteiger charge is 2.29. The number of nitriles is 1. The molecule has 1 saturated heterocycles. The lowest BCUT2D eigenvalue weighted by Crippen LogP contribution is -2.48. The minimum atomic E-state index is 0.437. The van der Waals surface area contributed by atoms with E-state index in [4.69, 9.17) is 5.26 Å². The van der Waals surface area contributed by atoms with Crippen LogP contribution in [-0.2, 0) is 6.42 Å². The van der Waals surface area contributed by atoms with E-state index in [9.17, 15) is 0 Å². The maximum Gasteiger partial charge on any atom is 0.226 e. The van der Waals surface area contributed by atoms with Gasteiger partial charge in [-0.1, -0.05) is 34.1 Å². The van der Waals surface area contributed by atoms with E-state index in [1.54, 1.807) is 6.07 Å². The molecule has 1 fully saturated rings. The van der Waals surface area contributed by atoms with Crippen molar-refractivity contribution in [2.75, 3.05) is 18.0 Å². The van der Waals surface area contributed by atoms with Crippen LogP contribution in [0.5, 0.6) is 0 Å². The van der Waals surface area contributed by atoms with Crippen molar-refractivity contribution in [2.24, 2.45) is 5.92 Å². The Bertz CT molecular complexity index is 702. The number of benzene rings is 1. The maximum atomic E-state index is 8.97. The van der Waals surface area contributed by atoms with E-state index < -0.39 is 0 Å². The number of hydrogen-bond acceptors (Lipinski definition) is 4. The van der Waals surface area contributed by atoms with Gasteiger partial charge in [0.2, 0.25) is 5.95 Å². The highest BCUT2D eigenvalue weighted by molar-refractivity contribution is 9.10. The normalized spacial score (nSPS) is 14.6. The van der Waals surface area contributed by atoms with Crippen LogP contribution in [0.15, 0.2) is 34.8 Å². The lowest BCUT2D eigenvalue weighted by Gasteiger charge is -2.39. The van der Waals surface area contributed by atoms with Gasteiger partial charge in [-0.25, -0.2) is 9.97 Å². The van der Waals surface area contributed by atoms with Crippen molar-refractivity contribution < 1.29 is 0 Å². The zero-order valence-corrected chi connectivity index (χ0v) is 13.3. The van der Waals surface area contributed by atoms with E-state index >= 15 is 0 Å². The number of nitrogens with zero attached hydrogens (tertiary/aromatic N) is 4. The zero-order valence-electron chi connectivity index (χ0n) is 11.8. The summed E-state index contributed by atoms with van der Waals surface area (Å²) in [6.45, 7) is 3.77. The Morgan fingerprint density at radius 1 is 1.33 bits per heavy atom. The van der Waals surface area contributed by atoms with E-state index in [0.29, 0.717) is 17.6 Å². The third kappa shape index (κ3) is 3.06. The number of rotatable bonds is 3. The van der Waals surface area contributed by atoms with E-state index in [1.807, 2.05) is 13.0 Å². The summed E-state index contributed by atoms with van der Waals surface area (Å²) in [5, 5.41) is 8.97. The molecule has 0 saturated carbocycles. The monoisotopic (exact) mass is 342 g/mol. The van der Waals surface area contributed by atoms with Gasteiger partial charge in [0.1, 0.15) is 11.8 Å². The van der Waals surface area contributed by atoms with Crippen molar-refractivity contribution in [1.29, 1.82) is 5.26 Å². The van der Waals surface area contributed by atoms with Crippen LogP contribution in [-0.4, -0.2) is 23.1 Å². The summed E-state index contributed by atoms with van der Waals surface area (Å²) >= 11 is 3.59. The molecule has 3 rings (SSSR count). The third-order valence-electron chi connectivity index (χ3n) is 3.66. The smallest absolute Gasteiger partial charge is 0.226 e. The minimum Gasteiger partial charge on any atom is -0.340 e. The molecule has 1 aliphatic heterocycles. The Morgan fingerprint density at radius 3 is 2.81 bits per heavy atom. The van der Waals surface area contributed by atoms with Crippen molar-refractivity contribution in [3.05, 3.63) is 51.8 Å². The van der Waals surface area contributed by atoms with Gasteiger partial charge in [0.15, 0.2) is 0 Å². The molecule has 106 valence electrons. The second kappa shape index (κ2) is 5.82. The number of aryl methyl sites for hydroxylation is 1. The van der Waals surface area contributed by atoms with E-state index in [2.05, 4.69) is 55.1 Å². The second-order valence-corrected chi connectivity index (χ2v) is 6.23. The Kier molecular flexibility index (Phi) is 3.89. The average Bonchev–Trinajstić information content (AvgIpc) is 2.43. The molecule has 1 aromatic carbocycles. The Balaban J connectivity index is 1.65. The second-order valence-electron chi connectivity index (χ2n) is 5.37. The van der Waals surface area contributed by atoms with Crippen molar-refractivity contribution >= 4 is 21.9 Å². The van der Waals surface area contributed by atoms with E-state index in [0.717, 1.165) is 25.2 Å². The van der Waals surface area contributed by atoms with E-state index in [-0.39, 0.29) is 0 Å². The van der Waals surface area contributed by atoms with Crippen molar-refractivity contribution in [1.82, 2.24) is 9.97 Å². The maximum absolute atomic E-state index is 8.97. The number of anilines is 1. The molecule has 1 aliphatic rings. The van der Waals surface area contributed by atoms with Crippen LogP contribution in [0.25, 0.3) is 0 Å². The number of halogens is 1. The van der Waals surface area contributed by atoms with Crippen LogP contribution in [0.4, 0.5) is 5.95 Å². The van der Waals surface area contributed by atoms with Crippen LogP contribution >= 0.6 is 15.9 Å². The standard InChI is InChI=1S/C16H15BrN4/c1-11-6-14(8-18)20-16(19-11)21-9-12(10-21)7-13-4-2-3-5-15(13)17/h2-6,12H,7,9-10H2,1H3. The largest absolute Gasteiger partial charge is 0.340 e. The summed E-state index contributed by atoms with van der Waals surface area (Å²) in [5.74, 6) is 1.29. The highest BCUT2D eigenvalue weighted by Crippen LogP contribution is 2.27. The molecule has 0 unspecified atom stereocenters. The highest BCUT2D eigenvalue weighted by atomic mass is 79.9. The van der Waals surface area contributed by atoms with E-state index in [1.165, 1.54) is 10.0 Å². The molecule has 0 radical (unpaired) electrons. The predicted molar refractivity (Wildman–Crippen MR) is 85.0 cm³/mol. The summed E-state index contributed by atoms with van der Waals surface area (Å²) in [5.41, 5.74) is 2.61. The van der Waals surface area contributed by atoms with Gasteiger partial charge >= 0.3 is 0 Å². The number of hydrogen-bond donors (Lipinski definition) is 0. The molecule has 4 nitrogen and oxygen atoms in total. The molecule has 0 spiro atoms. The van der Waals surface area contributed by atoms with Gasteiger partial charge in [0, 0.05) is 23.3 Å². The SMILES string of the molecule is Cc1cc(C#N)nc(N2CC(Cc3ccccc3Br)C2)n1. The molecule has 21 heavy (non-hydrogen) atoms. The summed E-state index contributed by atoms with van der Waals surface area (Å²) in [6.07, 6.45) is 1.05. The van der Waals surface area contributed by atoms with Crippen LogP contribution in [0, 0.1) is 24.2 Å². The van der Waals surface area contributed by atoms with Gasteiger partial charge in [0.05, 0.1) is 0 Å². The van der Waals surface area contributed by atoms with Crippen molar-refractivity contribution in [3.8, 4) is 6.07 Å². The molecule has 5 heteroatoms. The predicted octanol–water partition coefficient (Wildman–Crippen LogP) is 3.10. The summed E-state index contributed by atoms with van der Waals surface area (Å²) in [7, 11) is 0. The summed E-state index contributed by atoms with van der Waals surface area (Å²) in [4.78, 5) is 10.8. The summed E-state index contributed by atoms with van der Waals surface area (Å²) < 4.78 is 1.17. The quantitative estimate of drug-likeness (QED) is 0.859. The molecule has 0 bridgehead atoms. The van der Waals surface area contributed by atoms with Crippen LogP contribution < -0.4 is 4.90 Å². The van der Waals surface area contributed by atoms with Gasteiger partial charge in [-0.2, -0.15) is 5.26 Å². The number of aromatic nitrogens is 2. The lowest BCUT2D eigenvalue weighted by atomic mass is 9.92. The first-order valence-electron chi connectivity index (χ1n) is 6.90. The van der Waals surface area contributed by atoms with Gasteiger partial charge in [-0.3, -0.25) is 0 Å².